The van der Waals surface area contributed by atoms with E-state index in [2.05, 4.69) is 4.74 Å². The molecular weight excluding hydrogens is 314 g/mol. The summed E-state index contributed by atoms with van der Waals surface area (Å²) in [6.07, 6.45) is -10.2. The number of halogens is 6. The maximum atomic E-state index is 12.9. The zero-order valence-electron chi connectivity index (χ0n) is 12.9. The van der Waals surface area contributed by atoms with Gasteiger partial charge in [0.2, 0.25) is 0 Å². The van der Waals surface area contributed by atoms with Crippen LogP contribution in [0.3, 0.4) is 0 Å². The summed E-state index contributed by atoms with van der Waals surface area (Å²) in [6.45, 7) is 3.91. The summed E-state index contributed by atoms with van der Waals surface area (Å²) < 4.78 is 81.9. The molecule has 0 aromatic carbocycles. The van der Waals surface area contributed by atoms with Crippen LogP contribution in [0.5, 0.6) is 0 Å². The number of hydrogen-bond donors (Lipinski definition) is 0. The van der Waals surface area contributed by atoms with Crippen molar-refractivity contribution in [3.63, 3.8) is 0 Å². The van der Waals surface area contributed by atoms with E-state index in [9.17, 15) is 31.1 Å². The van der Waals surface area contributed by atoms with E-state index in [1.165, 1.54) is 0 Å². The molecule has 8 heteroatoms. The van der Waals surface area contributed by atoms with Crippen LogP contribution < -0.4 is 0 Å². The smallest absolute Gasteiger partial charge is 0.413 e. The van der Waals surface area contributed by atoms with Crippen LogP contribution in [-0.4, -0.2) is 24.9 Å². The maximum absolute atomic E-state index is 12.9. The Balaban J connectivity index is 5.16. The second-order valence-electron chi connectivity index (χ2n) is 5.27. The summed E-state index contributed by atoms with van der Waals surface area (Å²) in [7, 11) is 0. The monoisotopic (exact) mass is 336 g/mol. The second-order valence-corrected chi connectivity index (χ2v) is 5.27. The molecule has 0 aliphatic heterocycles. The normalized spacial score (nSPS) is 14.8. The van der Waals surface area contributed by atoms with Crippen LogP contribution >= 0.6 is 0 Å². The van der Waals surface area contributed by atoms with Crippen LogP contribution in [0.25, 0.3) is 0 Å². The van der Waals surface area contributed by atoms with Crippen molar-refractivity contribution in [1.29, 1.82) is 0 Å². The van der Waals surface area contributed by atoms with Gasteiger partial charge >= 0.3 is 18.3 Å². The van der Waals surface area contributed by atoms with Gasteiger partial charge in [0.05, 0.1) is 6.61 Å². The van der Waals surface area contributed by atoms with Gasteiger partial charge in [0.15, 0.2) is 0 Å². The van der Waals surface area contributed by atoms with Crippen molar-refractivity contribution in [2.45, 2.75) is 65.2 Å². The molecule has 1 atom stereocenters. The fourth-order valence-electron chi connectivity index (χ4n) is 2.15. The number of carbonyl (C=O) groups is 1. The van der Waals surface area contributed by atoms with Crippen LogP contribution in [0.4, 0.5) is 26.3 Å². The van der Waals surface area contributed by atoms with E-state index in [1.54, 1.807) is 6.92 Å². The lowest BCUT2D eigenvalue weighted by molar-refractivity contribution is -0.333. The fourth-order valence-corrected chi connectivity index (χ4v) is 2.15. The van der Waals surface area contributed by atoms with Crippen LogP contribution in [0.1, 0.15) is 52.9 Å². The molecule has 0 aliphatic rings. The molecule has 0 radical (unpaired) electrons. The molecule has 1 unspecified atom stereocenters. The lowest BCUT2D eigenvalue weighted by Gasteiger charge is -2.34. The molecule has 0 saturated heterocycles. The van der Waals surface area contributed by atoms with Gasteiger partial charge in [-0.25, -0.2) is 0 Å². The highest BCUT2D eigenvalue weighted by Gasteiger charge is 2.75. The molecule has 0 rings (SSSR count). The Labute approximate surface area is 126 Å². The van der Waals surface area contributed by atoms with Crippen molar-refractivity contribution >= 4 is 5.97 Å². The first-order chi connectivity index (χ1) is 9.97. The predicted octanol–water partition coefficient (Wildman–Crippen LogP) is 5.27. The number of unbranched alkanes of at least 4 members (excludes halogenated alkanes) is 1. The third-order valence-electron chi connectivity index (χ3n) is 3.84. The summed E-state index contributed by atoms with van der Waals surface area (Å²) >= 11 is 0. The molecule has 0 spiro atoms. The Kier molecular flexibility index (Phi) is 7.71. The lowest BCUT2D eigenvalue weighted by Crippen LogP contribution is -2.56. The third-order valence-corrected chi connectivity index (χ3v) is 3.84. The Morgan fingerprint density at radius 2 is 1.50 bits per heavy atom. The van der Waals surface area contributed by atoms with Crippen LogP contribution in [0.2, 0.25) is 0 Å². The molecule has 2 nitrogen and oxygen atoms in total. The quantitative estimate of drug-likeness (QED) is 0.446. The van der Waals surface area contributed by atoms with Crippen molar-refractivity contribution < 1.29 is 35.9 Å². The van der Waals surface area contributed by atoms with Gasteiger partial charge in [-0.2, -0.15) is 26.3 Å². The summed E-state index contributed by atoms with van der Waals surface area (Å²) in [5, 5.41) is 0. The third kappa shape index (κ3) is 4.52. The summed E-state index contributed by atoms with van der Waals surface area (Å²) in [5.41, 5.74) is -4.46. The van der Waals surface area contributed by atoms with Gasteiger partial charge < -0.3 is 4.74 Å². The van der Waals surface area contributed by atoms with Crippen molar-refractivity contribution in [2.75, 3.05) is 6.61 Å². The van der Waals surface area contributed by atoms with E-state index >= 15 is 0 Å². The first-order valence-electron chi connectivity index (χ1n) is 7.28. The minimum atomic E-state index is -5.75. The molecule has 0 heterocycles. The number of esters is 1. The average molecular weight is 336 g/mol. The van der Waals surface area contributed by atoms with Gasteiger partial charge in [-0.05, 0) is 18.8 Å². The van der Waals surface area contributed by atoms with Crippen LogP contribution in [0, 0.1) is 11.3 Å². The molecular formula is C14H22F6O2. The van der Waals surface area contributed by atoms with Gasteiger partial charge in [0.1, 0.15) is 0 Å². The first-order valence-corrected chi connectivity index (χ1v) is 7.28. The van der Waals surface area contributed by atoms with Crippen molar-refractivity contribution in [2.24, 2.45) is 11.3 Å². The molecule has 0 aromatic heterocycles. The van der Waals surface area contributed by atoms with E-state index in [0.29, 0.717) is 19.8 Å². The minimum absolute atomic E-state index is 0.236. The molecule has 22 heavy (non-hydrogen) atoms. The molecule has 0 N–H and O–H groups in total. The molecule has 132 valence electrons. The predicted molar refractivity (Wildman–Crippen MR) is 69.1 cm³/mol. The maximum Gasteiger partial charge on any atom is 0.413 e. The van der Waals surface area contributed by atoms with Crippen molar-refractivity contribution in [1.82, 2.24) is 0 Å². The molecule has 0 bridgehead atoms. The van der Waals surface area contributed by atoms with Gasteiger partial charge in [-0.1, -0.05) is 40.0 Å². The summed E-state index contributed by atoms with van der Waals surface area (Å²) in [5.74, 6) is -2.50. The Hall–Kier alpha value is -0.950. The van der Waals surface area contributed by atoms with Crippen molar-refractivity contribution in [3.8, 4) is 0 Å². The van der Waals surface area contributed by atoms with Crippen molar-refractivity contribution in [3.05, 3.63) is 0 Å². The van der Waals surface area contributed by atoms with E-state index in [-0.39, 0.29) is 5.92 Å². The number of ether oxygens (including phenoxy) is 1. The molecule has 0 fully saturated rings. The highest BCUT2D eigenvalue weighted by molar-refractivity contribution is 5.79. The SMILES string of the molecule is CCCCC(CC)COC(=O)C(CC)(C(F)(F)F)C(F)(F)F. The standard InChI is InChI=1S/C14H22F6O2/c1-4-7-8-10(5-2)9-22-11(21)12(6-3,13(15,16)17)14(18,19)20/h10H,4-9H2,1-3H3. The zero-order chi connectivity index (χ0) is 17.6. The number of alkyl halides is 6. The fraction of sp³-hybridized carbons (Fsp3) is 0.929. The van der Waals surface area contributed by atoms with Crippen LogP contribution in [-0.2, 0) is 9.53 Å². The minimum Gasteiger partial charge on any atom is -0.464 e. The van der Waals surface area contributed by atoms with Gasteiger partial charge in [-0.15, -0.1) is 0 Å². The van der Waals surface area contributed by atoms with Gasteiger partial charge in [0, 0.05) is 0 Å². The van der Waals surface area contributed by atoms with Gasteiger partial charge in [0.25, 0.3) is 5.41 Å². The molecule has 0 saturated carbocycles. The second kappa shape index (κ2) is 8.06. The van der Waals surface area contributed by atoms with Crippen LogP contribution in [0.15, 0.2) is 0 Å². The van der Waals surface area contributed by atoms with E-state index in [4.69, 9.17) is 0 Å². The summed E-state index contributed by atoms with van der Waals surface area (Å²) in [4.78, 5) is 11.6. The zero-order valence-corrected chi connectivity index (χ0v) is 12.9. The lowest BCUT2D eigenvalue weighted by atomic mass is 9.83. The Morgan fingerprint density at radius 3 is 1.82 bits per heavy atom. The molecule has 0 amide bonds. The number of hydrogen-bond acceptors (Lipinski definition) is 2. The van der Waals surface area contributed by atoms with Gasteiger partial charge in [-0.3, -0.25) is 4.79 Å². The highest BCUT2D eigenvalue weighted by Crippen LogP contribution is 2.53. The molecule has 0 aliphatic carbocycles. The average Bonchev–Trinajstić information content (AvgIpc) is 2.36. The largest absolute Gasteiger partial charge is 0.464 e. The summed E-state index contributed by atoms with van der Waals surface area (Å²) in [6, 6.07) is 0. The van der Waals surface area contributed by atoms with E-state index in [1.807, 2.05) is 6.92 Å². The number of carbonyl (C=O) groups excluding carboxylic acids is 1. The Morgan fingerprint density at radius 1 is 1.00 bits per heavy atom. The first kappa shape index (κ1) is 21.0. The van der Waals surface area contributed by atoms with E-state index < -0.39 is 36.8 Å². The van der Waals surface area contributed by atoms with E-state index in [0.717, 1.165) is 12.8 Å². The highest BCUT2D eigenvalue weighted by atomic mass is 19.4. The number of rotatable bonds is 8. The molecule has 0 aromatic rings. The topological polar surface area (TPSA) is 26.3 Å². The Bertz CT molecular complexity index is 334.